The molecule has 0 amide bonds. The van der Waals surface area contributed by atoms with Crippen LogP contribution >= 0.6 is 23.1 Å². The van der Waals surface area contributed by atoms with Crippen molar-refractivity contribution in [3.05, 3.63) is 46.6 Å². The molecule has 1 aromatic carbocycles. The van der Waals surface area contributed by atoms with Crippen molar-refractivity contribution >= 4 is 45.9 Å². The van der Waals surface area contributed by atoms with Gasteiger partial charge in [-0.2, -0.15) is 0 Å². The molecule has 3 aromatic rings. The lowest BCUT2D eigenvalue weighted by molar-refractivity contribution is -0.142. The third-order valence-electron chi connectivity index (χ3n) is 3.75. The van der Waals surface area contributed by atoms with Gasteiger partial charge in [0, 0.05) is 15.2 Å². The second-order valence-electron chi connectivity index (χ2n) is 5.59. The Morgan fingerprint density at radius 2 is 2.00 bits per heavy atom. The van der Waals surface area contributed by atoms with Crippen LogP contribution in [0.25, 0.3) is 10.9 Å². The van der Waals surface area contributed by atoms with Gasteiger partial charge in [-0.25, -0.2) is 14.8 Å². The van der Waals surface area contributed by atoms with Crippen LogP contribution in [0.4, 0.5) is 0 Å². The summed E-state index contributed by atoms with van der Waals surface area (Å²) in [5, 5.41) is 0.926. The third-order valence-corrected chi connectivity index (χ3v) is 6.03. The summed E-state index contributed by atoms with van der Waals surface area (Å²) in [6.45, 7) is 4.02. The van der Waals surface area contributed by atoms with Crippen molar-refractivity contribution in [3.8, 4) is 0 Å². The first-order valence-corrected chi connectivity index (χ1v) is 9.93. The number of esters is 2. The maximum atomic E-state index is 11.9. The molecule has 6 nitrogen and oxygen atoms in total. The number of thiazole rings is 1. The standard InChI is InChI=1S/C19H18N2O4S2/c1-4-25-17(22)10-15-11(2)20-19(26-15)27-16-9-14(18(23)24-3)21-13-8-6-5-7-12(13)16/h5-9H,4,10H2,1-3H3. The highest BCUT2D eigenvalue weighted by Crippen LogP contribution is 2.37. The monoisotopic (exact) mass is 402 g/mol. The van der Waals surface area contributed by atoms with Crippen molar-refractivity contribution in [1.82, 2.24) is 9.97 Å². The number of para-hydroxylation sites is 1. The van der Waals surface area contributed by atoms with E-state index >= 15 is 0 Å². The van der Waals surface area contributed by atoms with Gasteiger partial charge in [-0.1, -0.05) is 30.0 Å². The van der Waals surface area contributed by atoms with Crippen LogP contribution in [-0.4, -0.2) is 35.6 Å². The Hall–Kier alpha value is -2.45. The number of benzene rings is 1. The van der Waals surface area contributed by atoms with Crippen LogP contribution in [0.5, 0.6) is 0 Å². The van der Waals surface area contributed by atoms with E-state index in [0.29, 0.717) is 12.1 Å². The first-order valence-electron chi connectivity index (χ1n) is 8.29. The van der Waals surface area contributed by atoms with E-state index in [2.05, 4.69) is 9.97 Å². The van der Waals surface area contributed by atoms with Crippen molar-refractivity contribution < 1.29 is 19.1 Å². The summed E-state index contributed by atoms with van der Waals surface area (Å²) in [5.41, 5.74) is 1.77. The molecule has 8 heteroatoms. The number of hydrogen-bond acceptors (Lipinski definition) is 8. The van der Waals surface area contributed by atoms with E-state index in [4.69, 9.17) is 9.47 Å². The average Bonchev–Trinajstić information content (AvgIpc) is 3.00. The van der Waals surface area contributed by atoms with Gasteiger partial charge in [0.25, 0.3) is 0 Å². The van der Waals surface area contributed by atoms with Gasteiger partial charge in [-0.05, 0) is 26.0 Å². The number of nitrogens with zero attached hydrogens (tertiary/aromatic N) is 2. The predicted molar refractivity (Wildman–Crippen MR) is 104 cm³/mol. The van der Waals surface area contributed by atoms with Crippen LogP contribution in [0, 0.1) is 6.92 Å². The van der Waals surface area contributed by atoms with Gasteiger partial charge < -0.3 is 9.47 Å². The number of hydrogen-bond donors (Lipinski definition) is 0. The van der Waals surface area contributed by atoms with E-state index < -0.39 is 5.97 Å². The van der Waals surface area contributed by atoms with Crippen molar-refractivity contribution in [2.24, 2.45) is 0 Å². The molecule has 27 heavy (non-hydrogen) atoms. The van der Waals surface area contributed by atoms with Crippen LogP contribution < -0.4 is 0 Å². The van der Waals surface area contributed by atoms with Crippen LogP contribution in [-0.2, 0) is 20.7 Å². The largest absolute Gasteiger partial charge is 0.466 e. The molecule has 2 aromatic heterocycles. The summed E-state index contributed by atoms with van der Waals surface area (Å²) in [7, 11) is 1.33. The Bertz CT molecular complexity index is 1000. The van der Waals surface area contributed by atoms with E-state index in [-0.39, 0.29) is 18.1 Å². The molecule has 0 spiro atoms. The number of aromatic nitrogens is 2. The SMILES string of the molecule is CCOC(=O)Cc1sc(Sc2cc(C(=O)OC)nc3ccccc23)nc1C. The normalized spacial score (nSPS) is 10.8. The van der Waals surface area contributed by atoms with Crippen LogP contribution in [0.15, 0.2) is 39.6 Å². The Kier molecular flexibility index (Phi) is 6.08. The first-order chi connectivity index (χ1) is 13.0. The molecule has 140 valence electrons. The lowest BCUT2D eigenvalue weighted by Crippen LogP contribution is -2.07. The van der Waals surface area contributed by atoms with Gasteiger partial charge in [-0.3, -0.25) is 4.79 Å². The maximum Gasteiger partial charge on any atom is 0.356 e. The highest BCUT2D eigenvalue weighted by atomic mass is 32.2. The number of carbonyl (C=O) groups excluding carboxylic acids is 2. The van der Waals surface area contributed by atoms with E-state index in [1.807, 2.05) is 31.2 Å². The summed E-state index contributed by atoms with van der Waals surface area (Å²) in [4.78, 5) is 34.4. The Morgan fingerprint density at radius 1 is 1.22 bits per heavy atom. The Morgan fingerprint density at radius 3 is 2.74 bits per heavy atom. The molecule has 0 atom stereocenters. The number of aryl methyl sites for hydroxylation is 1. The van der Waals surface area contributed by atoms with Gasteiger partial charge in [0.05, 0.1) is 31.3 Å². The van der Waals surface area contributed by atoms with Crippen LogP contribution in [0.2, 0.25) is 0 Å². The first kappa shape index (κ1) is 19.3. The zero-order valence-corrected chi connectivity index (χ0v) is 16.8. The number of pyridine rings is 1. The molecular formula is C19H18N2O4S2. The van der Waals surface area contributed by atoms with Crippen molar-refractivity contribution in [2.45, 2.75) is 29.5 Å². The topological polar surface area (TPSA) is 78.4 Å². The molecule has 0 aliphatic heterocycles. The summed E-state index contributed by atoms with van der Waals surface area (Å²) < 4.78 is 10.6. The van der Waals surface area contributed by atoms with Gasteiger partial charge >= 0.3 is 11.9 Å². The fourth-order valence-electron chi connectivity index (χ4n) is 2.48. The van der Waals surface area contributed by atoms with E-state index in [1.54, 1.807) is 13.0 Å². The van der Waals surface area contributed by atoms with Gasteiger partial charge in [0.15, 0.2) is 4.34 Å². The molecule has 0 aliphatic rings. The maximum absolute atomic E-state index is 11.9. The highest BCUT2D eigenvalue weighted by Gasteiger charge is 2.17. The highest BCUT2D eigenvalue weighted by molar-refractivity contribution is 8.01. The number of rotatable bonds is 6. The van der Waals surface area contributed by atoms with Crippen molar-refractivity contribution in [3.63, 3.8) is 0 Å². The average molecular weight is 402 g/mol. The summed E-state index contributed by atoms with van der Waals surface area (Å²) in [5.74, 6) is -0.746. The van der Waals surface area contributed by atoms with E-state index in [1.165, 1.54) is 30.2 Å². The zero-order valence-electron chi connectivity index (χ0n) is 15.1. The summed E-state index contributed by atoms with van der Waals surface area (Å²) in [6.07, 6.45) is 0.211. The summed E-state index contributed by atoms with van der Waals surface area (Å²) >= 11 is 2.89. The van der Waals surface area contributed by atoms with Crippen LogP contribution in [0.1, 0.15) is 28.0 Å². The quantitative estimate of drug-likeness (QED) is 0.576. The fraction of sp³-hybridized carbons (Fsp3) is 0.263. The van der Waals surface area contributed by atoms with Crippen molar-refractivity contribution in [1.29, 1.82) is 0 Å². The number of fused-ring (bicyclic) bond motifs is 1. The number of methoxy groups -OCH3 is 1. The zero-order chi connectivity index (χ0) is 19.4. The molecule has 0 fully saturated rings. The molecule has 0 radical (unpaired) electrons. The lowest BCUT2D eigenvalue weighted by Gasteiger charge is -2.07. The summed E-state index contributed by atoms with van der Waals surface area (Å²) in [6, 6.07) is 9.30. The fourth-order valence-corrected chi connectivity index (χ4v) is 4.82. The molecule has 3 rings (SSSR count). The van der Waals surface area contributed by atoms with Gasteiger partial charge in [0.2, 0.25) is 0 Å². The van der Waals surface area contributed by atoms with Gasteiger partial charge in [-0.15, -0.1) is 11.3 Å². The molecule has 0 unspecified atom stereocenters. The minimum Gasteiger partial charge on any atom is -0.466 e. The second kappa shape index (κ2) is 8.49. The molecule has 2 heterocycles. The van der Waals surface area contributed by atoms with Crippen LogP contribution in [0.3, 0.4) is 0 Å². The molecule has 0 saturated heterocycles. The second-order valence-corrected chi connectivity index (χ2v) is 7.96. The Balaban J connectivity index is 1.94. The molecule has 0 bridgehead atoms. The lowest BCUT2D eigenvalue weighted by atomic mass is 10.2. The molecular weight excluding hydrogens is 384 g/mol. The van der Waals surface area contributed by atoms with Gasteiger partial charge in [0.1, 0.15) is 5.69 Å². The molecule has 0 saturated carbocycles. The Labute approximate surface area is 164 Å². The number of ether oxygens (including phenoxy) is 2. The predicted octanol–water partition coefficient (Wildman–Crippen LogP) is 4.04. The van der Waals surface area contributed by atoms with E-state index in [0.717, 1.165) is 25.2 Å². The smallest absolute Gasteiger partial charge is 0.356 e. The van der Waals surface area contributed by atoms with Crippen molar-refractivity contribution in [2.75, 3.05) is 13.7 Å². The number of carbonyl (C=O) groups is 2. The third kappa shape index (κ3) is 4.45. The minimum atomic E-state index is -0.485. The molecule has 0 N–H and O–H groups in total. The molecule has 0 aliphatic carbocycles. The minimum absolute atomic E-state index is 0.211. The van der Waals surface area contributed by atoms with E-state index in [9.17, 15) is 9.59 Å².